The van der Waals surface area contributed by atoms with Crippen LogP contribution in [0.5, 0.6) is 0 Å². The summed E-state index contributed by atoms with van der Waals surface area (Å²) in [7, 11) is -1.40. The molecule has 0 saturated heterocycles. The Labute approximate surface area is 78.4 Å². The molecule has 0 spiro atoms. The van der Waals surface area contributed by atoms with Crippen LogP contribution < -0.4 is 5.19 Å². The fourth-order valence-corrected chi connectivity index (χ4v) is 3.49. The van der Waals surface area contributed by atoms with E-state index in [1.54, 1.807) is 6.07 Å². The summed E-state index contributed by atoms with van der Waals surface area (Å²) in [6, 6.07) is 4.65. The predicted octanol–water partition coefficient (Wildman–Crippen LogP) is 3.02. The van der Waals surface area contributed by atoms with Crippen molar-refractivity contribution in [3.63, 3.8) is 0 Å². The minimum absolute atomic E-state index is 0.262. The average molecular weight is 203 g/mol. The summed E-state index contributed by atoms with van der Waals surface area (Å²) in [6.45, 7) is 6.56. The van der Waals surface area contributed by atoms with Crippen molar-refractivity contribution in [2.45, 2.75) is 19.6 Å². The molecule has 3 heteroatoms. The van der Waals surface area contributed by atoms with E-state index in [-0.39, 0.29) is 5.82 Å². The first-order chi connectivity index (χ1) is 5.41. The van der Waals surface area contributed by atoms with E-state index in [1.165, 1.54) is 12.1 Å². The SMILES string of the molecule is C[Si](C)(C)c1ccc(F)cc1Cl. The van der Waals surface area contributed by atoms with Crippen molar-refractivity contribution in [3.8, 4) is 0 Å². The molecule has 1 aromatic carbocycles. The fraction of sp³-hybridized carbons (Fsp3) is 0.333. The lowest BCUT2D eigenvalue weighted by Gasteiger charge is -2.17. The van der Waals surface area contributed by atoms with Crippen LogP contribution in [0.25, 0.3) is 0 Å². The molecule has 0 N–H and O–H groups in total. The lowest BCUT2D eigenvalue weighted by molar-refractivity contribution is 0.628. The molecule has 1 aromatic rings. The van der Waals surface area contributed by atoms with E-state index in [4.69, 9.17) is 11.6 Å². The Morgan fingerprint density at radius 3 is 2.25 bits per heavy atom. The Kier molecular flexibility index (Phi) is 2.59. The van der Waals surface area contributed by atoms with E-state index in [1.807, 2.05) is 0 Å². The zero-order chi connectivity index (χ0) is 9.35. The zero-order valence-electron chi connectivity index (χ0n) is 7.49. The van der Waals surface area contributed by atoms with Crippen LogP contribution in [0.3, 0.4) is 0 Å². The van der Waals surface area contributed by atoms with Crippen molar-refractivity contribution < 1.29 is 4.39 Å². The van der Waals surface area contributed by atoms with E-state index >= 15 is 0 Å². The van der Waals surface area contributed by atoms with Crippen LogP contribution >= 0.6 is 11.6 Å². The maximum Gasteiger partial charge on any atom is 0.124 e. The highest BCUT2D eigenvalue weighted by atomic mass is 35.5. The number of hydrogen-bond acceptors (Lipinski definition) is 0. The van der Waals surface area contributed by atoms with E-state index in [0.717, 1.165) is 5.19 Å². The molecule has 0 radical (unpaired) electrons. The quantitative estimate of drug-likeness (QED) is 0.615. The highest BCUT2D eigenvalue weighted by molar-refractivity contribution is 6.90. The second-order valence-corrected chi connectivity index (χ2v) is 9.32. The Hall–Kier alpha value is -0.343. The van der Waals surface area contributed by atoms with E-state index < -0.39 is 8.07 Å². The molecule has 0 saturated carbocycles. The van der Waals surface area contributed by atoms with Crippen molar-refractivity contribution in [3.05, 3.63) is 29.0 Å². The molecule has 0 nitrogen and oxygen atoms in total. The molecule has 0 bridgehead atoms. The highest BCUT2D eigenvalue weighted by Gasteiger charge is 2.19. The largest absolute Gasteiger partial charge is 0.207 e. The van der Waals surface area contributed by atoms with Crippen molar-refractivity contribution in [2.75, 3.05) is 0 Å². The molecule has 0 aliphatic carbocycles. The van der Waals surface area contributed by atoms with E-state index in [9.17, 15) is 4.39 Å². The van der Waals surface area contributed by atoms with E-state index in [0.29, 0.717) is 5.02 Å². The van der Waals surface area contributed by atoms with Gasteiger partial charge in [-0.1, -0.05) is 37.3 Å². The zero-order valence-corrected chi connectivity index (χ0v) is 9.24. The highest BCUT2D eigenvalue weighted by Crippen LogP contribution is 2.13. The molecule has 0 atom stereocenters. The van der Waals surface area contributed by atoms with Crippen LogP contribution in [0.2, 0.25) is 24.7 Å². The van der Waals surface area contributed by atoms with Crippen LogP contribution in [0.4, 0.5) is 4.39 Å². The molecule has 0 aromatic heterocycles. The average Bonchev–Trinajstić information content (AvgIpc) is 1.83. The number of halogens is 2. The molecule has 66 valence electrons. The third kappa shape index (κ3) is 2.08. The van der Waals surface area contributed by atoms with Gasteiger partial charge < -0.3 is 0 Å². The summed E-state index contributed by atoms with van der Waals surface area (Å²) < 4.78 is 12.7. The van der Waals surface area contributed by atoms with Gasteiger partial charge in [-0.2, -0.15) is 0 Å². The van der Waals surface area contributed by atoms with E-state index in [2.05, 4.69) is 19.6 Å². The van der Waals surface area contributed by atoms with Crippen LogP contribution in [0.1, 0.15) is 0 Å². The maximum absolute atomic E-state index is 12.7. The van der Waals surface area contributed by atoms with Crippen molar-refractivity contribution in [2.24, 2.45) is 0 Å². The summed E-state index contributed by atoms with van der Waals surface area (Å²) >= 11 is 5.91. The van der Waals surface area contributed by atoms with Crippen molar-refractivity contribution in [1.82, 2.24) is 0 Å². The Morgan fingerprint density at radius 2 is 1.83 bits per heavy atom. The third-order valence-electron chi connectivity index (χ3n) is 1.74. The summed E-state index contributed by atoms with van der Waals surface area (Å²) in [5, 5.41) is 1.68. The molecule has 0 aliphatic rings. The van der Waals surface area contributed by atoms with Gasteiger partial charge in [0.1, 0.15) is 5.82 Å². The molecule has 0 heterocycles. The normalized spacial score (nSPS) is 11.8. The standard InChI is InChI=1S/C9H12ClFSi/c1-12(2,3)9-5-4-7(11)6-8(9)10/h4-6H,1-3H3. The molecule has 1 rings (SSSR count). The van der Waals surface area contributed by atoms with Gasteiger partial charge in [0.25, 0.3) is 0 Å². The van der Waals surface area contributed by atoms with Gasteiger partial charge in [0, 0.05) is 5.02 Å². The Balaban J connectivity index is 3.19. The number of rotatable bonds is 1. The first-order valence-electron chi connectivity index (χ1n) is 3.87. The van der Waals surface area contributed by atoms with Gasteiger partial charge in [-0.3, -0.25) is 0 Å². The van der Waals surface area contributed by atoms with Crippen molar-refractivity contribution in [1.29, 1.82) is 0 Å². The molecule has 0 aliphatic heterocycles. The van der Waals surface area contributed by atoms with Gasteiger partial charge in [0.05, 0.1) is 8.07 Å². The van der Waals surface area contributed by atoms with Gasteiger partial charge in [0.2, 0.25) is 0 Å². The molecule has 0 amide bonds. The first kappa shape index (κ1) is 9.74. The second kappa shape index (κ2) is 3.19. The van der Waals surface area contributed by atoms with Crippen molar-refractivity contribution >= 4 is 24.9 Å². The molecular weight excluding hydrogens is 191 g/mol. The summed E-state index contributed by atoms with van der Waals surface area (Å²) in [5.41, 5.74) is 0. The van der Waals surface area contributed by atoms with Gasteiger partial charge in [-0.25, -0.2) is 4.39 Å². The topological polar surface area (TPSA) is 0 Å². The summed E-state index contributed by atoms with van der Waals surface area (Å²) in [4.78, 5) is 0. The smallest absolute Gasteiger partial charge is 0.124 e. The summed E-state index contributed by atoms with van der Waals surface area (Å²) in [6.07, 6.45) is 0. The van der Waals surface area contributed by atoms with Crippen LogP contribution in [-0.2, 0) is 0 Å². The predicted molar refractivity (Wildman–Crippen MR) is 54.4 cm³/mol. The van der Waals surface area contributed by atoms with Gasteiger partial charge in [-0.05, 0) is 17.3 Å². The molecule has 0 unspecified atom stereocenters. The lowest BCUT2D eigenvalue weighted by Crippen LogP contribution is -2.38. The number of benzene rings is 1. The van der Waals surface area contributed by atoms with Crippen LogP contribution in [0.15, 0.2) is 18.2 Å². The molecule has 12 heavy (non-hydrogen) atoms. The maximum atomic E-state index is 12.7. The van der Waals surface area contributed by atoms with Gasteiger partial charge >= 0.3 is 0 Å². The lowest BCUT2D eigenvalue weighted by atomic mass is 10.3. The summed E-state index contributed by atoms with van der Waals surface area (Å²) in [5.74, 6) is -0.262. The second-order valence-electron chi connectivity index (χ2n) is 3.87. The monoisotopic (exact) mass is 202 g/mol. The van der Waals surface area contributed by atoms with Gasteiger partial charge in [0.15, 0.2) is 0 Å². The fourth-order valence-electron chi connectivity index (χ4n) is 1.10. The minimum Gasteiger partial charge on any atom is -0.207 e. The molecule has 0 fully saturated rings. The Morgan fingerprint density at radius 1 is 1.25 bits per heavy atom. The Bertz CT molecular complexity index is 291. The number of hydrogen-bond donors (Lipinski definition) is 0. The van der Waals surface area contributed by atoms with Gasteiger partial charge in [-0.15, -0.1) is 0 Å². The molecular formula is C9H12ClFSi. The first-order valence-corrected chi connectivity index (χ1v) is 7.74. The van der Waals surface area contributed by atoms with Crippen LogP contribution in [0, 0.1) is 5.82 Å². The minimum atomic E-state index is -1.40. The third-order valence-corrected chi connectivity index (χ3v) is 4.26. The van der Waals surface area contributed by atoms with Crippen LogP contribution in [-0.4, -0.2) is 8.07 Å².